The van der Waals surface area contributed by atoms with E-state index in [2.05, 4.69) is 47.7 Å². The Morgan fingerprint density at radius 1 is 0.867 bits per heavy atom. The largest absolute Gasteiger partial charge is 0.360 e. The first-order valence-corrected chi connectivity index (χ1v) is 10.3. The number of benzene rings is 3. The molecule has 0 saturated carbocycles. The number of hydrogen-bond donors (Lipinski definition) is 2. The molecule has 2 atom stereocenters. The van der Waals surface area contributed by atoms with Gasteiger partial charge in [-0.2, -0.15) is 5.10 Å². The number of nitrogens with one attached hydrogen (secondary N) is 2. The van der Waals surface area contributed by atoms with E-state index >= 15 is 0 Å². The monoisotopic (exact) mass is 541 g/mol. The van der Waals surface area contributed by atoms with Gasteiger partial charge in [0, 0.05) is 20.7 Å². The van der Waals surface area contributed by atoms with E-state index in [1.165, 1.54) is 42.6 Å². The van der Waals surface area contributed by atoms with Gasteiger partial charge in [-0.3, -0.25) is 5.43 Å². The number of hydrazone groups is 1. The first-order chi connectivity index (χ1) is 14.3. The molecule has 1 aliphatic heterocycles. The van der Waals surface area contributed by atoms with Crippen molar-refractivity contribution in [2.45, 2.75) is 11.6 Å². The maximum absolute atomic E-state index is 15.0. The van der Waals surface area contributed by atoms with Gasteiger partial charge in [0.15, 0.2) is 0 Å². The van der Waals surface area contributed by atoms with Crippen LogP contribution in [0.15, 0.2) is 68.6 Å². The summed E-state index contributed by atoms with van der Waals surface area (Å²) in [4.78, 5) is 0. The minimum absolute atomic E-state index is 0.0832. The van der Waals surface area contributed by atoms with Gasteiger partial charge in [0.25, 0.3) is 0 Å². The summed E-state index contributed by atoms with van der Waals surface area (Å²) >= 11 is 6.57. The molecule has 0 fully saturated rings. The van der Waals surface area contributed by atoms with Gasteiger partial charge in [-0.15, -0.1) is 0 Å². The summed E-state index contributed by atoms with van der Waals surface area (Å²) in [5.74, 6) is -2.74. The highest BCUT2D eigenvalue weighted by atomic mass is 79.9. The van der Waals surface area contributed by atoms with Crippen LogP contribution in [-0.2, 0) is 5.41 Å². The standard InChI is InChI=1S/C21H13Br2F4N3/c22-13-3-1-6-17(27)19(13)29-20-21(10-28-30-20,12-8-7-11(24)9-14(12)23)18-15(25)4-2-5-16(18)26/h1-10,20,29-30H. The molecule has 0 spiro atoms. The van der Waals surface area contributed by atoms with Crippen molar-refractivity contribution in [2.24, 2.45) is 5.10 Å². The molecule has 0 saturated heterocycles. The van der Waals surface area contributed by atoms with Gasteiger partial charge >= 0.3 is 0 Å². The maximum Gasteiger partial charge on any atom is 0.147 e. The molecule has 0 bridgehead atoms. The molecule has 1 heterocycles. The fourth-order valence-electron chi connectivity index (χ4n) is 3.60. The third kappa shape index (κ3) is 3.39. The second-order valence-corrected chi connectivity index (χ2v) is 8.36. The van der Waals surface area contributed by atoms with Gasteiger partial charge in [0.1, 0.15) is 34.8 Å². The summed E-state index contributed by atoms with van der Waals surface area (Å²) in [6.45, 7) is 0. The quantitative estimate of drug-likeness (QED) is 0.392. The van der Waals surface area contributed by atoms with E-state index in [4.69, 9.17) is 0 Å². The van der Waals surface area contributed by atoms with Crippen LogP contribution in [0.1, 0.15) is 11.1 Å². The third-order valence-corrected chi connectivity index (χ3v) is 6.25. The van der Waals surface area contributed by atoms with Crippen LogP contribution in [0, 0.1) is 23.3 Å². The second-order valence-electron chi connectivity index (χ2n) is 6.65. The van der Waals surface area contributed by atoms with Crippen LogP contribution in [-0.4, -0.2) is 12.4 Å². The van der Waals surface area contributed by atoms with Crippen molar-refractivity contribution in [3.63, 3.8) is 0 Å². The molecular formula is C21H13Br2F4N3. The van der Waals surface area contributed by atoms with Gasteiger partial charge in [-0.05, 0) is 57.9 Å². The van der Waals surface area contributed by atoms with Crippen molar-refractivity contribution in [1.29, 1.82) is 0 Å². The van der Waals surface area contributed by atoms with Crippen molar-refractivity contribution >= 4 is 43.8 Å². The molecule has 0 aromatic heterocycles. The lowest BCUT2D eigenvalue weighted by Crippen LogP contribution is -2.50. The Kier molecular flexibility index (Phi) is 5.59. The highest BCUT2D eigenvalue weighted by Gasteiger charge is 2.49. The van der Waals surface area contributed by atoms with E-state index in [0.717, 1.165) is 12.1 Å². The average molecular weight is 543 g/mol. The topological polar surface area (TPSA) is 36.4 Å². The van der Waals surface area contributed by atoms with Gasteiger partial charge in [0.05, 0.1) is 5.69 Å². The van der Waals surface area contributed by atoms with Crippen molar-refractivity contribution in [2.75, 3.05) is 5.32 Å². The molecule has 4 rings (SSSR count). The Bertz CT molecular complexity index is 1110. The fraction of sp³-hybridized carbons (Fsp3) is 0.0952. The van der Waals surface area contributed by atoms with Crippen molar-refractivity contribution in [1.82, 2.24) is 5.43 Å². The van der Waals surface area contributed by atoms with Crippen molar-refractivity contribution in [3.05, 3.63) is 97.9 Å². The molecule has 1 aliphatic rings. The van der Waals surface area contributed by atoms with Crippen LogP contribution >= 0.6 is 31.9 Å². The smallest absolute Gasteiger partial charge is 0.147 e. The summed E-state index contributed by atoms with van der Waals surface area (Å²) in [5, 5.41) is 7.00. The molecule has 30 heavy (non-hydrogen) atoms. The Hall–Kier alpha value is -2.39. The van der Waals surface area contributed by atoms with Gasteiger partial charge in [-0.1, -0.05) is 34.1 Å². The highest BCUT2D eigenvalue weighted by Crippen LogP contribution is 2.43. The predicted molar refractivity (Wildman–Crippen MR) is 114 cm³/mol. The normalized spacial score (nSPS) is 20.3. The minimum Gasteiger partial charge on any atom is -0.360 e. The maximum atomic E-state index is 15.0. The Morgan fingerprint density at radius 2 is 1.53 bits per heavy atom. The van der Waals surface area contributed by atoms with E-state index in [0.29, 0.717) is 10.0 Å². The molecule has 2 N–H and O–H groups in total. The van der Waals surface area contributed by atoms with Crippen LogP contribution in [0.25, 0.3) is 0 Å². The van der Waals surface area contributed by atoms with E-state index in [1.807, 2.05) is 0 Å². The molecule has 0 amide bonds. The Morgan fingerprint density at radius 3 is 2.20 bits per heavy atom. The molecule has 3 aromatic carbocycles. The van der Waals surface area contributed by atoms with Crippen LogP contribution < -0.4 is 10.7 Å². The number of hydrogen-bond acceptors (Lipinski definition) is 3. The molecule has 3 nitrogen and oxygen atoms in total. The van der Waals surface area contributed by atoms with Crippen LogP contribution in [0.3, 0.4) is 0 Å². The minimum atomic E-state index is -1.57. The zero-order valence-corrected chi connectivity index (χ0v) is 18.2. The van der Waals surface area contributed by atoms with Crippen molar-refractivity contribution in [3.8, 4) is 0 Å². The van der Waals surface area contributed by atoms with Gasteiger partial charge in [-0.25, -0.2) is 17.6 Å². The molecule has 9 heteroatoms. The number of nitrogens with zero attached hydrogens (tertiary/aromatic N) is 1. The fourth-order valence-corrected chi connectivity index (χ4v) is 4.74. The first-order valence-electron chi connectivity index (χ1n) is 8.75. The van der Waals surface area contributed by atoms with Crippen molar-refractivity contribution < 1.29 is 17.6 Å². The zero-order valence-electron chi connectivity index (χ0n) is 15.1. The third-order valence-electron chi connectivity index (χ3n) is 4.93. The Balaban J connectivity index is 1.96. The molecule has 0 radical (unpaired) electrons. The number of rotatable bonds is 4. The van der Waals surface area contributed by atoms with E-state index in [1.54, 1.807) is 6.07 Å². The van der Waals surface area contributed by atoms with E-state index in [-0.39, 0.29) is 15.7 Å². The molecular weight excluding hydrogens is 530 g/mol. The van der Waals surface area contributed by atoms with E-state index < -0.39 is 34.8 Å². The van der Waals surface area contributed by atoms with Crippen LogP contribution in [0.4, 0.5) is 23.2 Å². The number of anilines is 1. The van der Waals surface area contributed by atoms with Gasteiger partial charge < -0.3 is 5.32 Å². The molecule has 2 unspecified atom stereocenters. The average Bonchev–Trinajstić information content (AvgIpc) is 3.08. The Labute approximate surface area is 186 Å². The molecule has 3 aromatic rings. The second kappa shape index (κ2) is 8.03. The first kappa shape index (κ1) is 20.9. The van der Waals surface area contributed by atoms with E-state index in [9.17, 15) is 17.6 Å². The number of halogens is 6. The van der Waals surface area contributed by atoms with Gasteiger partial charge in [0.2, 0.25) is 0 Å². The number of para-hydroxylation sites is 1. The lowest BCUT2D eigenvalue weighted by Gasteiger charge is -2.36. The lowest BCUT2D eigenvalue weighted by atomic mass is 9.72. The summed E-state index contributed by atoms with van der Waals surface area (Å²) in [6.07, 6.45) is 0.331. The summed E-state index contributed by atoms with van der Waals surface area (Å²) in [6, 6.07) is 11.7. The summed E-state index contributed by atoms with van der Waals surface area (Å²) in [5.41, 5.74) is 1.31. The predicted octanol–water partition coefficient (Wildman–Crippen LogP) is 6.08. The zero-order chi connectivity index (χ0) is 21.5. The van der Waals surface area contributed by atoms with Crippen LogP contribution in [0.5, 0.6) is 0 Å². The highest BCUT2D eigenvalue weighted by molar-refractivity contribution is 9.11. The molecule has 154 valence electrons. The SMILES string of the molecule is Fc1ccc(C2(c3c(F)cccc3F)C=NNC2Nc2c(F)cccc2Br)c(Br)c1. The summed E-state index contributed by atoms with van der Waals surface area (Å²) < 4.78 is 58.9. The summed E-state index contributed by atoms with van der Waals surface area (Å²) in [7, 11) is 0. The molecule has 0 aliphatic carbocycles. The lowest BCUT2D eigenvalue weighted by molar-refractivity contribution is 0.458. The van der Waals surface area contributed by atoms with Crippen LogP contribution in [0.2, 0.25) is 0 Å².